The fourth-order valence-corrected chi connectivity index (χ4v) is 3.73. The second-order valence-corrected chi connectivity index (χ2v) is 7.91. The zero-order valence-electron chi connectivity index (χ0n) is 17.5. The van der Waals surface area contributed by atoms with Crippen LogP contribution in [0.1, 0.15) is 22.8 Å². The van der Waals surface area contributed by atoms with Gasteiger partial charge in [0.15, 0.2) is 16.6 Å². The molecule has 8 nitrogen and oxygen atoms in total. The summed E-state index contributed by atoms with van der Waals surface area (Å²) in [5.74, 6) is -1.62. The van der Waals surface area contributed by atoms with E-state index in [4.69, 9.17) is 21.7 Å². The molecule has 0 aromatic heterocycles. The maximum absolute atomic E-state index is 13.2. The normalized spacial score (nSPS) is 14.8. The molecule has 0 radical (unpaired) electrons. The molecule has 3 rings (SSSR count). The first-order valence-corrected chi connectivity index (χ1v) is 10.9. The van der Waals surface area contributed by atoms with Crippen LogP contribution in [0, 0.1) is 0 Å². The Bertz CT molecular complexity index is 1190. The molecule has 2 aromatic rings. The molecule has 0 spiro atoms. The Morgan fingerprint density at radius 1 is 1.24 bits per heavy atom. The largest absolute Gasteiger partial charge is 0.490 e. The van der Waals surface area contributed by atoms with Gasteiger partial charge in [0.1, 0.15) is 12.2 Å². The van der Waals surface area contributed by atoms with Gasteiger partial charge in [-0.15, -0.1) is 0 Å². The molecule has 2 aromatic carbocycles. The number of nitrogens with one attached hydrogen (secondary N) is 1. The van der Waals surface area contributed by atoms with Crippen LogP contribution in [0.3, 0.4) is 0 Å². The summed E-state index contributed by atoms with van der Waals surface area (Å²) in [7, 11) is 0. The van der Waals surface area contributed by atoms with Crippen molar-refractivity contribution in [2.75, 3.05) is 18.1 Å². The van der Waals surface area contributed by atoms with Crippen LogP contribution in [-0.2, 0) is 9.59 Å². The van der Waals surface area contributed by atoms with Gasteiger partial charge in [-0.25, -0.2) is 4.79 Å². The Morgan fingerprint density at radius 3 is 2.64 bits per heavy atom. The zero-order valence-corrected chi connectivity index (χ0v) is 19.9. The van der Waals surface area contributed by atoms with Gasteiger partial charge in [-0.3, -0.25) is 19.8 Å². The Hall–Kier alpha value is -3.50. The van der Waals surface area contributed by atoms with E-state index in [0.717, 1.165) is 4.90 Å². The monoisotopic (exact) mass is 530 g/mol. The molecule has 1 fully saturated rings. The fourth-order valence-electron chi connectivity index (χ4n) is 3.02. The van der Waals surface area contributed by atoms with Crippen LogP contribution >= 0.6 is 28.1 Å². The number of carboxylic acid groups (broad SMARTS) is 1. The van der Waals surface area contributed by atoms with Gasteiger partial charge in [0.05, 0.1) is 17.9 Å². The number of halogens is 1. The van der Waals surface area contributed by atoms with Gasteiger partial charge in [-0.2, -0.15) is 0 Å². The molecule has 1 aliphatic heterocycles. The average molecular weight is 531 g/mol. The lowest BCUT2D eigenvalue weighted by molar-refractivity contribution is -0.122. The second kappa shape index (κ2) is 10.4. The Labute approximate surface area is 203 Å². The molecule has 1 saturated heterocycles. The van der Waals surface area contributed by atoms with Crippen molar-refractivity contribution in [2.45, 2.75) is 6.92 Å². The maximum Gasteiger partial charge on any atom is 0.335 e. The van der Waals surface area contributed by atoms with E-state index < -0.39 is 17.8 Å². The number of rotatable bonds is 8. The van der Waals surface area contributed by atoms with Crippen LogP contribution in [0.15, 0.2) is 59.1 Å². The number of hydrogen-bond donors (Lipinski definition) is 2. The van der Waals surface area contributed by atoms with Crippen molar-refractivity contribution < 1.29 is 29.0 Å². The molecule has 2 amide bonds. The number of hydrogen-bond acceptors (Lipinski definition) is 6. The number of nitrogens with zero attached hydrogens (tertiary/aromatic N) is 1. The molecule has 2 N–H and O–H groups in total. The summed E-state index contributed by atoms with van der Waals surface area (Å²) < 4.78 is 11.8. The van der Waals surface area contributed by atoms with Gasteiger partial charge in [0, 0.05) is 4.47 Å². The van der Waals surface area contributed by atoms with Crippen molar-refractivity contribution in [2.24, 2.45) is 0 Å². The number of carboxylic acids is 1. The highest BCUT2D eigenvalue weighted by Gasteiger charge is 2.35. The SMILES string of the molecule is C=CCOc1cc(Br)c(C=C2C(=O)NC(=S)N(c3cccc(C(=O)O)c3)C2=O)cc1OCC. The maximum atomic E-state index is 13.2. The molecule has 0 bridgehead atoms. The van der Waals surface area contributed by atoms with E-state index in [1.165, 1.54) is 30.3 Å². The molecular formula is C23H19BrN2O6S. The summed E-state index contributed by atoms with van der Waals surface area (Å²) in [6, 6.07) is 9.02. The van der Waals surface area contributed by atoms with Gasteiger partial charge < -0.3 is 14.6 Å². The number of amides is 2. The van der Waals surface area contributed by atoms with Crippen molar-refractivity contribution in [3.05, 3.63) is 70.2 Å². The van der Waals surface area contributed by atoms with Crippen LogP contribution in [0.2, 0.25) is 0 Å². The molecule has 0 atom stereocenters. The van der Waals surface area contributed by atoms with Gasteiger partial charge in [-0.05, 0) is 61.1 Å². The average Bonchev–Trinajstić information content (AvgIpc) is 2.77. The third-order valence-electron chi connectivity index (χ3n) is 4.47. The van der Waals surface area contributed by atoms with Crippen molar-refractivity contribution in [3.63, 3.8) is 0 Å². The van der Waals surface area contributed by atoms with Crippen LogP contribution < -0.4 is 19.7 Å². The highest BCUT2D eigenvalue weighted by Crippen LogP contribution is 2.35. The molecule has 170 valence electrons. The van der Waals surface area contributed by atoms with Gasteiger partial charge in [-0.1, -0.05) is 34.7 Å². The quantitative estimate of drug-likeness (QED) is 0.230. The summed E-state index contributed by atoms with van der Waals surface area (Å²) >= 11 is 8.61. The first kappa shape index (κ1) is 24.1. The van der Waals surface area contributed by atoms with Crippen molar-refractivity contribution in [1.29, 1.82) is 0 Å². The number of carbonyl (C=O) groups is 3. The van der Waals surface area contributed by atoms with Crippen molar-refractivity contribution >= 4 is 62.8 Å². The summed E-state index contributed by atoms with van der Waals surface area (Å²) in [5, 5.41) is 11.6. The van der Waals surface area contributed by atoms with E-state index in [9.17, 15) is 19.5 Å². The summed E-state index contributed by atoms with van der Waals surface area (Å²) in [6.45, 7) is 6.09. The summed E-state index contributed by atoms with van der Waals surface area (Å²) in [4.78, 5) is 38.3. The smallest absolute Gasteiger partial charge is 0.335 e. The van der Waals surface area contributed by atoms with E-state index in [-0.39, 0.29) is 28.5 Å². The molecular weight excluding hydrogens is 512 g/mol. The van der Waals surface area contributed by atoms with E-state index >= 15 is 0 Å². The van der Waals surface area contributed by atoms with E-state index in [1.807, 2.05) is 6.92 Å². The highest BCUT2D eigenvalue weighted by atomic mass is 79.9. The molecule has 33 heavy (non-hydrogen) atoms. The van der Waals surface area contributed by atoms with Crippen molar-refractivity contribution in [3.8, 4) is 11.5 Å². The lowest BCUT2D eigenvalue weighted by Gasteiger charge is -2.29. The van der Waals surface area contributed by atoms with E-state index in [2.05, 4.69) is 27.8 Å². The lowest BCUT2D eigenvalue weighted by Crippen LogP contribution is -2.54. The molecule has 0 saturated carbocycles. The standard InChI is InChI=1S/C23H19BrN2O6S/c1-3-8-32-19-12-17(24)14(11-18(19)31-4-2)10-16-20(27)25-23(33)26(21(16)28)15-7-5-6-13(9-15)22(29)30/h3,5-7,9-12H,1,4,8H2,2H3,(H,29,30)(H,25,27,33). The Morgan fingerprint density at radius 2 is 1.97 bits per heavy atom. The minimum atomic E-state index is -1.15. The predicted octanol–water partition coefficient (Wildman–Crippen LogP) is 3.94. The minimum absolute atomic E-state index is 0.0234. The summed E-state index contributed by atoms with van der Waals surface area (Å²) in [5.41, 5.74) is 0.505. The second-order valence-electron chi connectivity index (χ2n) is 6.67. The van der Waals surface area contributed by atoms with Crippen LogP contribution in [0.25, 0.3) is 6.08 Å². The lowest BCUT2D eigenvalue weighted by atomic mass is 10.1. The van der Waals surface area contributed by atoms with E-state index in [0.29, 0.717) is 28.1 Å². The molecule has 0 unspecified atom stereocenters. The number of carbonyl (C=O) groups excluding carboxylic acids is 2. The van der Waals surface area contributed by atoms with Gasteiger partial charge >= 0.3 is 5.97 Å². The van der Waals surface area contributed by atoms with Crippen molar-refractivity contribution in [1.82, 2.24) is 5.32 Å². The van der Waals surface area contributed by atoms with E-state index in [1.54, 1.807) is 18.2 Å². The minimum Gasteiger partial charge on any atom is -0.490 e. The topological polar surface area (TPSA) is 105 Å². The molecule has 0 aliphatic carbocycles. The highest BCUT2D eigenvalue weighted by molar-refractivity contribution is 9.10. The molecule has 10 heteroatoms. The number of ether oxygens (including phenoxy) is 2. The number of aromatic carboxylic acids is 1. The zero-order chi connectivity index (χ0) is 24.1. The Balaban J connectivity index is 2.04. The first-order chi connectivity index (χ1) is 15.8. The van der Waals surface area contributed by atoms with Gasteiger partial charge in [0.25, 0.3) is 11.8 Å². The third kappa shape index (κ3) is 5.29. The summed E-state index contributed by atoms with van der Waals surface area (Å²) in [6.07, 6.45) is 3.00. The molecule has 1 heterocycles. The first-order valence-electron chi connectivity index (χ1n) is 9.71. The number of benzene rings is 2. The van der Waals surface area contributed by atoms with Gasteiger partial charge in [0.2, 0.25) is 0 Å². The predicted molar refractivity (Wildman–Crippen MR) is 131 cm³/mol. The Kier molecular flexibility index (Phi) is 7.62. The number of anilines is 1. The fraction of sp³-hybridized carbons (Fsp3) is 0.130. The van der Waals surface area contributed by atoms with Crippen LogP contribution in [0.4, 0.5) is 5.69 Å². The number of thiocarbonyl (C=S) groups is 1. The third-order valence-corrected chi connectivity index (χ3v) is 5.44. The van der Waals surface area contributed by atoms with Crippen LogP contribution in [-0.4, -0.2) is 41.2 Å². The van der Waals surface area contributed by atoms with Crippen LogP contribution in [0.5, 0.6) is 11.5 Å². The molecule has 1 aliphatic rings.